The van der Waals surface area contributed by atoms with E-state index in [1.165, 1.54) is 24.9 Å². The Hall–Kier alpha value is -2.25. The van der Waals surface area contributed by atoms with E-state index < -0.39 is 11.9 Å². The number of hydrogen-bond donors (Lipinski definition) is 1. The van der Waals surface area contributed by atoms with Gasteiger partial charge in [-0.15, -0.1) is 0 Å². The van der Waals surface area contributed by atoms with Crippen LogP contribution in [0.2, 0.25) is 0 Å². The van der Waals surface area contributed by atoms with Crippen LogP contribution in [0.3, 0.4) is 0 Å². The van der Waals surface area contributed by atoms with Crippen LogP contribution in [-0.4, -0.2) is 21.9 Å². The number of nitrogens with two attached hydrogens (primary N) is 1. The lowest BCUT2D eigenvalue weighted by Gasteiger charge is -2.05. The summed E-state index contributed by atoms with van der Waals surface area (Å²) in [6.07, 6.45) is -3.04. The van der Waals surface area contributed by atoms with Crippen molar-refractivity contribution in [2.75, 3.05) is 12.8 Å². The minimum Gasteiger partial charge on any atom is -0.481 e. The molecule has 0 radical (unpaired) electrons. The quantitative estimate of drug-likeness (QED) is 0.939. The summed E-state index contributed by atoms with van der Waals surface area (Å²) in [5, 5.41) is 3.53. The second kappa shape index (κ2) is 5.03. The highest BCUT2D eigenvalue weighted by Crippen LogP contribution is 2.34. The Bertz CT molecular complexity index is 604. The minimum atomic E-state index is -4.56. The number of rotatable bonds is 3. The van der Waals surface area contributed by atoms with Crippen molar-refractivity contribution in [2.45, 2.75) is 19.6 Å². The first-order valence-electron chi connectivity index (χ1n) is 5.72. The van der Waals surface area contributed by atoms with Crippen LogP contribution in [0.15, 0.2) is 18.3 Å². The molecule has 0 unspecified atom stereocenters. The third kappa shape index (κ3) is 2.68. The van der Waals surface area contributed by atoms with Gasteiger partial charge in [0.1, 0.15) is 0 Å². The summed E-state index contributed by atoms with van der Waals surface area (Å²) in [6, 6.07) is 3.33. The summed E-state index contributed by atoms with van der Waals surface area (Å²) >= 11 is 0. The fraction of sp³-hybridized carbons (Fsp3) is 0.333. The van der Waals surface area contributed by atoms with Gasteiger partial charge < -0.3 is 10.5 Å². The number of halogens is 3. The molecule has 2 heterocycles. The molecule has 2 aromatic heterocycles. The number of methoxy groups -OCH3 is 1. The fourth-order valence-electron chi connectivity index (χ4n) is 1.72. The number of hydrogen-bond acceptors (Lipinski definition) is 4. The van der Waals surface area contributed by atoms with Crippen LogP contribution in [0, 0.1) is 6.92 Å². The Labute approximate surface area is 113 Å². The Morgan fingerprint density at radius 3 is 2.50 bits per heavy atom. The van der Waals surface area contributed by atoms with Crippen LogP contribution < -0.4 is 10.5 Å². The number of nitrogen functional groups attached to an aromatic ring is 1. The lowest BCUT2D eigenvalue weighted by Crippen LogP contribution is -2.10. The van der Waals surface area contributed by atoms with E-state index in [4.69, 9.17) is 10.5 Å². The zero-order valence-electron chi connectivity index (χ0n) is 10.9. The molecule has 0 saturated carbocycles. The summed E-state index contributed by atoms with van der Waals surface area (Å²) in [4.78, 5) is 3.98. The van der Waals surface area contributed by atoms with Gasteiger partial charge in [-0.25, -0.2) is 4.98 Å². The van der Waals surface area contributed by atoms with Gasteiger partial charge in [-0.1, -0.05) is 6.07 Å². The van der Waals surface area contributed by atoms with E-state index in [0.29, 0.717) is 11.4 Å². The van der Waals surface area contributed by atoms with Gasteiger partial charge >= 0.3 is 6.18 Å². The Kier molecular flexibility index (Phi) is 3.56. The molecule has 0 amide bonds. The molecule has 0 saturated heterocycles. The highest BCUT2D eigenvalue weighted by atomic mass is 19.4. The third-order valence-corrected chi connectivity index (χ3v) is 2.86. The van der Waals surface area contributed by atoms with Gasteiger partial charge in [-0.05, 0) is 12.5 Å². The van der Waals surface area contributed by atoms with Crippen LogP contribution in [0.5, 0.6) is 5.88 Å². The van der Waals surface area contributed by atoms with E-state index in [1.54, 1.807) is 12.1 Å². The number of ether oxygens (including phenoxy) is 1. The standard InChI is InChI=1S/C12H13F3N4O/c1-7-10(16)11(12(13,14)15)18-19(7)6-8-3-4-9(20-2)17-5-8/h3-5H,6,16H2,1-2H3. The van der Waals surface area contributed by atoms with Crippen molar-refractivity contribution < 1.29 is 17.9 Å². The minimum absolute atomic E-state index is 0.156. The van der Waals surface area contributed by atoms with E-state index >= 15 is 0 Å². The number of alkyl halides is 3. The zero-order valence-corrected chi connectivity index (χ0v) is 10.9. The first kappa shape index (κ1) is 14.2. The number of nitrogens with zero attached hydrogens (tertiary/aromatic N) is 3. The van der Waals surface area contributed by atoms with E-state index in [1.807, 2.05) is 0 Å². The van der Waals surface area contributed by atoms with Crippen LogP contribution >= 0.6 is 0 Å². The topological polar surface area (TPSA) is 66.0 Å². The van der Waals surface area contributed by atoms with Crippen LogP contribution in [0.25, 0.3) is 0 Å². The van der Waals surface area contributed by atoms with Crippen molar-refractivity contribution in [3.05, 3.63) is 35.3 Å². The molecule has 2 aromatic rings. The number of pyridine rings is 1. The molecule has 0 aliphatic heterocycles. The maximum Gasteiger partial charge on any atom is 0.437 e. The van der Waals surface area contributed by atoms with Crippen molar-refractivity contribution in [1.82, 2.24) is 14.8 Å². The van der Waals surface area contributed by atoms with Crippen molar-refractivity contribution in [3.63, 3.8) is 0 Å². The second-order valence-electron chi connectivity index (χ2n) is 4.21. The maximum atomic E-state index is 12.7. The van der Waals surface area contributed by atoms with Gasteiger partial charge in [0.25, 0.3) is 0 Å². The molecule has 2 N–H and O–H groups in total. The van der Waals surface area contributed by atoms with E-state index in [2.05, 4.69) is 10.1 Å². The molecule has 8 heteroatoms. The Balaban J connectivity index is 2.29. The van der Waals surface area contributed by atoms with E-state index in [9.17, 15) is 13.2 Å². The predicted octanol–water partition coefficient (Wildman–Crippen LogP) is 2.24. The van der Waals surface area contributed by atoms with E-state index in [-0.39, 0.29) is 17.9 Å². The van der Waals surface area contributed by atoms with Gasteiger partial charge in [0.2, 0.25) is 5.88 Å². The van der Waals surface area contributed by atoms with Crippen LogP contribution in [-0.2, 0) is 12.7 Å². The second-order valence-corrected chi connectivity index (χ2v) is 4.21. The summed E-state index contributed by atoms with van der Waals surface area (Å²) < 4.78 is 44.2. The van der Waals surface area contributed by atoms with Gasteiger partial charge in [0.15, 0.2) is 5.69 Å². The molecule has 5 nitrogen and oxygen atoms in total. The smallest absolute Gasteiger partial charge is 0.437 e. The first-order valence-corrected chi connectivity index (χ1v) is 5.72. The average Bonchev–Trinajstić information content (AvgIpc) is 2.68. The highest BCUT2D eigenvalue weighted by Gasteiger charge is 2.37. The maximum absolute atomic E-state index is 12.7. The number of anilines is 1. The monoisotopic (exact) mass is 286 g/mol. The highest BCUT2D eigenvalue weighted by molar-refractivity contribution is 5.49. The molecule has 0 atom stereocenters. The zero-order chi connectivity index (χ0) is 14.9. The molecule has 2 rings (SSSR count). The fourth-order valence-corrected chi connectivity index (χ4v) is 1.72. The van der Waals surface area contributed by atoms with Crippen molar-refractivity contribution in [2.24, 2.45) is 0 Å². The average molecular weight is 286 g/mol. The summed E-state index contributed by atoms with van der Waals surface area (Å²) in [7, 11) is 1.48. The van der Waals surface area contributed by atoms with Crippen LogP contribution in [0.4, 0.5) is 18.9 Å². The molecule has 20 heavy (non-hydrogen) atoms. The van der Waals surface area contributed by atoms with Gasteiger partial charge in [-0.2, -0.15) is 18.3 Å². The molecular formula is C12H13F3N4O. The summed E-state index contributed by atoms with van der Waals surface area (Å²) in [6.45, 7) is 1.65. The lowest BCUT2D eigenvalue weighted by molar-refractivity contribution is -0.140. The molecular weight excluding hydrogens is 273 g/mol. The summed E-state index contributed by atoms with van der Waals surface area (Å²) in [5.74, 6) is 0.432. The largest absolute Gasteiger partial charge is 0.481 e. The summed E-state index contributed by atoms with van der Waals surface area (Å²) in [5.41, 5.74) is 5.01. The SMILES string of the molecule is COc1ccc(Cn2nc(C(F)(F)F)c(N)c2C)cn1. The lowest BCUT2D eigenvalue weighted by atomic mass is 10.2. The molecule has 0 spiro atoms. The van der Waals surface area contributed by atoms with Crippen molar-refractivity contribution in [3.8, 4) is 5.88 Å². The van der Waals surface area contributed by atoms with Gasteiger partial charge in [0, 0.05) is 12.3 Å². The van der Waals surface area contributed by atoms with Gasteiger partial charge in [0.05, 0.1) is 25.0 Å². The Morgan fingerprint density at radius 2 is 2.05 bits per heavy atom. The molecule has 0 aromatic carbocycles. The van der Waals surface area contributed by atoms with Crippen LogP contribution in [0.1, 0.15) is 17.0 Å². The molecule has 0 aliphatic carbocycles. The van der Waals surface area contributed by atoms with Gasteiger partial charge in [-0.3, -0.25) is 4.68 Å². The molecule has 0 bridgehead atoms. The van der Waals surface area contributed by atoms with E-state index in [0.717, 1.165) is 0 Å². The molecule has 0 aliphatic rings. The normalized spacial score (nSPS) is 11.7. The number of aromatic nitrogens is 3. The predicted molar refractivity (Wildman–Crippen MR) is 66.3 cm³/mol. The first-order chi connectivity index (χ1) is 9.32. The molecule has 108 valence electrons. The van der Waals surface area contributed by atoms with Crippen molar-refractivity contribution >= 4 is 5.69 Å². The third-order valence-electron chi connectivity index (χ3n) is 2.86. The molecule has 0 fully saturated rings. The Morgan fingerprint density at radius 1 is 1.35 bits per heavy atom. The van der Waals surface area contributed by atoms with Crippen molar-refractivity contribution in [1.29, 1.82) is 0 Å².